The van der Waals surface area contributed by atoms with Crippen LogP contribution >= 0.6 is 11.8 Å². The van der Waals surface area contributed by atoms with Crippen LogP contribution < -0.4 is 4.72 Å². The van der Waals surface area contributed by atoms with Gasteiger partial charge < -0.3 is 4.74 Å². The summed E-state index contributed by atoms with van der Waals surface area (Å²) in [6.45, 7) is 1.79. The molecule has 7 nitrogen and oxygen atoms in total. The third kappa shape index (κ3) is 4.53. The standard InChI is InChI=1S/C16H22N4O3S2/c1-11-15(19-25(21,22)10-13(23-3)12-7-8-12)16(20(2)18-11)24-14-6-4-5-9-17-14/h4-6,9,12-13,19H,7-8,10H2,1-3H3. The van der Waals surface area contributed by atoms with E-state index >= 15 is 0 Å². The average molecular weight is 383 g/mol. The number of anilines is 1. The largest absolute Gasteiger partial charge is 0.380 e. The lowest BCUT2D eigenvalue weighted by Crippen LogP contribution is -2.29. The molecule has 3 rings (SSSR count). The van der Waals surface area contributed by atoms with Gasteiger partial charge in [-0.2, -0.15) is 5.10 Å². The average Bonchev–Trinajstić information content (AvgIpc) is 3.38. The van der Waals surface area contributed by atoms with Gasteiger partial charge in [-0.25, -0.2) is 13.4 Å². The highest BCUT2D eigenvalue weighted by Crippen LogP contribution is 2.37. The zero-order valence-corrected chi connectivity index (χ0v) is 16.1. The van der Waals surface area contributed by atoms with Crippen molar-refractivity contribution < 1.29 is 13.2 Å². The minimum absolute atomic E-state index is 0.0454. The molecule has 2 aromatic heterocycles. The second-order valence-electron chi connectivity index (χ2n) is 6.15. The van der Waals surface area contributed by atoms with Crippen molar-refractivity contribution in [3.8, 4) is 0 Å². The molecule has 0 bridgehead atoms. The molecule has 2 aromatic rings. The van der Waals surface area contributed by atoms with E-state index in [1.54, 1.807) is 32.0 Å². The molecule has 0 aromatic carbocycles. The van der Waals surface area contributed by atoms with Gasteiger partial charge in [0.15, 0.2) is 0 Å². The third-order valence-electron chi connectivity index (χ3n) is 4.10. The number of sulfonamides is 1. The van der Waals surface area contributed by atoms with Crippen LogP contribution in [0.5, 0.6) is 0 Å². The minimum atomic E-state index is -3.54. The van der Waals surface area contributed by atoms with Gasteiger partial charge in [-0.05, 0) is 49.6 Å². The second kappa shape index (κ2) is 7.35. The first-order valence-corrected chi connectivity index (χ1v) is 10.5. The van der Waals surface area contributed by atoms with Gasteiger partial charge in [-0.1, -0.05) is 6.07 Å². The van der Waals surface area contributed by atoms with E-state index in [9.17, 15) is 8.42 Å². The highest BCUT2D eigenvalue weighted by atomic mass is 32.2. The van der Waals surface area contributed by atoms with Crippen molar-refractivity contribution >= 4 is 27.5 Å². The number of ether oxygens (including phenoxy) is 1. The summed E-state index contributed by atoms with van der Waals surface area (Å²) in [6, 6.07) is 5.60. The summed E-state index contributed by atoms with van der Waals surface area (Å²) in [6.07, 6.45) is 3.50. The Morgan fingerprint density at radius 1 is 1.44 bits per heavy atom. The van der Waals surface area contributed by atoms with Gasteiger partial charge >= 0.3 is 0 Å². The number of hydrogen-bond donors (Lipinski definition) is 1. The van der Waals surface area contributed by atoms with Crippen LogP contribution in [0, 0.1) is 12.8 Å². The maximum absolute atomic E-state index is 12.6. The van der Waals surface area contributed by atoms with Gasteiger partial charge in [0.25, 0.3) is 0 Å². The first-order chi connectivity index (χ1) is 11.9. The van der Waals surface area contributed by atoms with Gasteiger partial charge in [0.2, 0.25) is 10.0 Å². The number of pyridine rings is 1. The Labute approximate surface area is 152 Å². The highest BCUT2D eigenvalue weighted by Gasteiger charge is 2.35. The van der Waals surface area contributed by atoms with Crippen LogP contribution in [0.25, 0.3) is 0 Å². The summed E-state index contributed by atoms with van der Waals surface area (Å²) in [5.41, 5.74) is 1.13. The van der Waals surface area contributed by atoms with Gasteiger partial charge in [-0.3, -0.25) is 9.40 Å². The van der Waals surface area contributed by atoms with E-state index in [1.807, 2.05) is 18.2 Å². The molecule has 1 N–H and O–H groups in total. The predicted molar refractivity (Wildman–Crippen MR) is 97.2 cm³/mol. The lowest BCUT2D eigenvalue weighted by Gasteiger charge is -2.16. The number of hydrogen-bond acceptors (Lipinski definition) is 6. The Hall–Kier alpha value is -1.58. The fourth-order valence-electron chi connectivity index (χ4n) is 2.66. The molecule has 1 saturated carbocycles. The fraction of sp³-hybridized carbons (Fsp3) is 0.500. The monoisotopic (exact) mass is 382 g/mol. The van der Waals surface area contributed by atoms with Crippen molar-refractivity contribution in [3.05, 3.63) is 30.1 Å². The highest BCUT2D eigenvalue weighted by molar-refractivity contribution is 7.99. The number of aryl methyl sites for hydroxylation is 2. The lowest BCUT2D eigenvalue weighted by atomic mass is 10.3. The quantitative estimate of drug-likeness (QED) is 0.755. The van der Waals surface area contributed by atoms with Crippen molar-refractivity contribution in [2.45, 2.75) is 35.9 Å². The zero-order chi connectivity index (χ0) is 18.0. The van der Waals surface area contributed by atoms with E-state index in [2.05, 4.69) is 14.8 Å². The number of methoxy groups -OCH3 is 1. The molecule has 136 valence electrons. The van der Waals surface area contributed by atoms with E-state index in [0.29, 0.717) is 22.3 Å². The van der Waals surface area contributed by atoms with Crippen molar-refractivity contribution in [1.29, 1.82) is 0 Å². The van der Waals surface area contributed by atoms with Crippen LogP contribution in [-0.4, -0.2) is 42.1 Å². The number of nitrogens with one attached hydrogen (secondary N) is 1. The summed E-state index contributed by atoms with van der Waals surface area (Å²) in [5, 5.41) is 5.83. The van der Waals surface area contributed by atoms with Crippen LogP contribution in [-0.2, 0) is 21.8 Å². The molecule has 1 aliphatic rings. The van der Waals surface area contributed by atoms with Crippen LogP contribution in [0.3, 0.4) is 0 Å². The number of aromatic nitrogens is 3. The predicted octanol–water partition coefficient (Wildman–Crippen LogP) is 2.44. The molecule has 0 saturated heterocycles. The fourth-order valence-corrected chi connectivity index (χ4v) is 5.13. The first-order valence-electron chi connectivity index (χ1n) is 8.05. The maximum Gasteiger partial charge on any atom is 0.235 e. The van der Waals surface area contributed by atoms with Gasteiger partial charge in [0.1, 0.15) is 15.7 Å². The third-order valence-corrected chi connectivity index (χ3v) is 6.50. The Balaban J connectivity index is 1.81. The van der Waals surface area contributed by atoms with E-state index in [0.717, 1.165) is 17.9 Å². The Morgan fingerprint density at radius 3 is 2.80 bits per heavy atom. The first kappa shape index (κ1) is 18.2. The topological polar surface area (TPSA) is 86.1 Å². The summed E-state index contributed by atoms with van der Waals surface area (Å²) >= 11 is 1.38. The second-order valence-corrected chi connectivity index (χ2v) is 8.93. The molecular formula is C16H22N4O3S2. The SMILES string of the molecule is COC(CS(=O)(=O)Nc1c(C)nn(C)c1Sc1ccccn1)C1CC1. The van der Waals surface area contributed by atoms with Gasteiger partial charge in [-0.15, -0.1) is 0 Å². The van der Waals surface area contributed by atoms with E-state index < -0.39 is 10.0 Å². The molecule has 0 radical (unpaired) electrons. The van der Waals surface area contributed by atoms with Crippen molar-refractivity contribution in [2.24, 2.45) is 13.0 Å². The van der Waals surface area contributed by atoms with Crippen molar-refractivity contribution in [3.63, 3.8) is 0 Å². The minimum Gasteiger partial charge on any atom is -0.380 e. The number of nitrogens with zero attached hydrogens (tertiary/aromatic N) is 3. The van der Waals surface area contributed by atoms with E-state index in [4.69, 9.17) is 4.74 Å². The van der Waals surface area contributed by atoms with Crippen molar-refractivity contribution in [2.75, 3.05) is 17.6 Å². The molecule has 0 aliphatic heterocycles. The molecule has 25 heavy (non-hydrogen) atoms. The number of rotatable bonds is 8. The zero-order valence-electron chi connectivity index (χ0n) is 14.5. The summed E-state index contributed by atoms with van der Waals surface area (Å²) in [4.78, 5) is 4.28. The van der Waals surface area contributed by atoms with Gasteiger partial charge in [0, 0.05) is 20.4 Å². The lowest BCUT2D eigenvalue weighted by molar-refractivity contribution is 0.103. The van der Waals surface area contributed by atoms with Crippen molar-refractivity contribution in [1.82, 2.24) is 14.8 Å². The molecule has 1 aliphatic carbocycles. The molecule has 0 amide bonds. The molecule has 1 unspecified atom stereocenters. The summed E-state index contributed by atoms with van der Waals surface area (Å²) in [5.74, 6) is 0.301. The molecule has 9 heteroatoms. The molecule has 0 spiro atoms. The molecular weight excluding hydrogens is 360 g/mol. The molecule has 1 atom stereocenters. The molecule has 1 fully saturated rings. The van der Waals surface area contributed by atoms with Crippen LogP contribution in [0.15, 0.2) is 34.4 Å². The maximum atomic E-state index is 12.6. The Bertz CT molecular complexity index is 833. The Kier molecular flexibility index (Phi) is 5.35. The van der Waals surface area contributed by atoms with E-state index in [1.165, 1.54) is 11.8 Å². The Morgan fingerprint density at radius 2 is 2.20 bits per heavy atom. The van der Waals surface area contributed by atoms with Crippen LogP contribution in [0.1, 0.15) is 18.5 Å². The summed E-state index contributed by atoms with van der Waals surface area (Å²) in [7, 11) is -0.181. The van der Waals surface area contributed by atoms with Crippen LogP contribution in [0.4, 0.5) is 5.69 Å². The van der Waals surface area contributed by atoms with E-state index in [-0.39, 0.29) is 11.9 Å². The smallest absolute Gasteiger partial charge is 0.235 e. The normalized spacial score (nSPS) is 16.0. The summed E-state index contributed by atoms with van der Waals surface area (Å²) < 4.78 is 35.0. The van der Waals surface area contributed by atoms with Crippen LogP contribution in [0.2, 0.25) is 0 Å². The van der Waals surface area contributed by atoms with Gasteiger partial charge in [0.05, 0.1) is 17.6 Å². The molecule has 2 heterocycles.